The van der Waals surface area contributed by atoms with Crippen LogP contribution in [0.2, 0.25) is 5.02 Å². The van der Waals surface area contributed by atoms with Gasteiger partial charge in [0.2, 0.25) is 11.8 Å². The first-order valence-electron chi connectivity index (χ1n) is 12.5. The van der Waals surface area contributed by atoms with E-state index in [1.807, 2.05) is 26.8 Å². The predicted octanol–water partition coefficient (Wildman–Crippen LogP) is 5.10. The highest BCUT2D eigenvalue weighted by atomic mass is 35.5. The second-order valence-electron chi connectivity index (χ2n) is 9.21. The third kappa shape index (κ3) is 7.14. The normalized spacial score (nSPS) is 12.0. The van der Waals surface area contributed by atoms with Crippen LogP contribution in [0.1, 0.15) is 37.0 Å². The molecule has 7 nitrogen and oxygen atoms in total. The van der Waals surface area contributed by atoms with Gasteiger partial charge < -0.3 is 10.2 Å². The Labute approximate surface area is 230 Å². The van der Waals surface area contributed by atoms with E-state index in [0.29, 0.717) is 17.3 Å². The van der Waals surface area contributed by atoms with E-state index in [2.05, 4.69) is 5.32 Å². The molecule has 3 aromatic rings. The van der Waals surface area contributed by atoms with E-state index in [9.17, 15) is 18.0 Å². The van der Waals surface area contributed by atoms with Crippen molar-refractivity contribution in [3.05, 3.63) is 94.5 Å². The highest BCUT2D eigenvalue weighted by Crippen LogP contribution is 2.26. The number of benzene rings is 3. The molecule has 0 saturated carbocycles. The number of rotatable bonds is 11. The molecule has 2 amide bonds. The standard InChI is InChI=1S/C29H34ClN3O4S/c1-5-17-31-29(35)23(4)32(19-24-12-14-25(30)15-13-24)28(34)20-33(26-16-11-21(2)22(3)18-26)38(36,37)27-9-7-6-8-10-27/h6-16,18,23H,5,17,19-20H2,1-4H3,(H,31,35)/t23-/m0/s1. The van der Waals surface area contributed by atoms with E-state index < -0.39 is 28.5 Å². The van der Waals surface area contributed by atoms with Gasteiger partial charge >= 0.3 is 0 Å². The zero-order valence-electron chi connectivity index (χ0n) is 22.1. The average molecular weight is 556 g/mol. The lowest BCUT2D eigenvalue weighted by Crippen LogP contribution is -2.51. The lowest BCUT2D eigenvalue weighted by molar-refractivity contribution is -0.139. The van der Waals surface area contributed by atoms with E-state index in [1.54, 1.807) is 61.5 Å². The molecule has 0 aromatic heterocycles. The highest BCUT2D eigenvalue weighted by molar-refractivity contribution is 7.92. The van der Waals surface area contributed by atoms with E-state index in [4.69, 9.17) is 11.6 Å². The first-order valence-corrected chi connectivity index (χ1v) is 14.3. The molecule has 0 aliphatic heterocycles. The van der Waals surface area contributed by atoms with E-state index >= 15 is 0 Å². The molecule has 0 spiro atoms. The van der Waals surface area contributed by atoms with Gasteiger partial charge in [-0.25, -0.2) is 8.42 Å². The van der Waals surface area contributed by atoms with Crippen molar-refractivity contribution in [3.63, 3.8) is 0 Å². The first kappa shape index (κ1) is 29.2. The first-order chi connectivity index (χ1) is 18.0. The Morgan fingerprint density at radius 3 is 2.21 bits per heavy atom. The molecule has 1 N–H and O–H groups in total. The number of carbonyl (C=O) groups is 2. The Morgan fingerprint density at radius 1 is 0.947 bits per heavy atom. The molecule has 0 aliphatic rings. The molecular weight excluding hydrogens is 522 g/mol. The van der Waals surface area contributed by atoms with Gasteiger partial charge in [-0.05, 0) is 80.3 Å². The highest BCUT2D eigenvalue weighted by Gasteiger charge is 2.32. The van der Waals surface area contributed by atoms with Gasteiger partial charge in [-0.15, -0.1) is 0 Å². The molecule has 0 saturated heterocycles. The molecule has 0 aliphatic carbocycles. The summed E-state index contributed by atoms with van der Waals surface area (Å²) in [6, 6.07) is 19.4. The molecule has 0 heterocycles. The third-order valence-electron chi connectivity index (χ3n) is 6.37. The third-order valence-corrected chi connectivity index (χ3v) is 8.41. The summed E-state index contributed by atoms with van der Waals surface area (Å²) < 4.78 is 28.7. The summed E-state index contributed by atoms with van der Waals surface area (Å²) in [5.41, 5.74) is 3.04. The van der Waals surface area contributed by atoms with E-state index in [-0.39, 0.29) is 17.3 Å². The number of amides is 2. The largest absolute Gasteiger partial charge is 0.354 e. The zero-order valence-corrected chi connectivity index (χ0v) is 23.7. The van der Waals surface area contributed by atoms with Crippen LogP contribution in [-0.2, 0) is 26.2 Å². The van der Waals surface area contributed by atoms with Gasteiger partial charge in [-0.2, -0.15) is 0 Å². The van der Waals surface area contributed by atoms with Gasteiger partial charge in [-0.3, -0.25) is 13.9 Å². The van der Waals surface area contributed by atoms with Crippen LogP contribution < -0.4 is 9.62 Å². The number of aryl methyl sites for hydroxylation is 2. The molecule has 0 unspecified atom stereocenters. The molecule has 3 aromatic carbocycles. The van der Waals surface area contributed by atoms with Crippen molar-refractivity contribution in [3.8, 4) is 0 Å². The van der Waals surface area contributed by atoms with Gasteiger partial charge in [-0.1, -0.05) is 54.9 Å². The summed E-state index contributed by atoms with van der Waals surface area (Å²) in [5, 5.41) is 3.38. The van der Waals surface area contributed by atoms with Gasteiger partial charge in [0.15, 0.2) is 0 Å². The maximum atomic E-state index is 13.9. The molecular formula is C29H34ClN3O4S. The van der Waals surface area contributed by atoms with Crippen LogP contribution in [-0.4, -0.2) is 44.3 Å². The smallest absolute Gasteiger partial charge is 0.264 e. The van der Waals surface area contributed by atoms with Crippen LogP contribution in [0.5, 0.6) is 0 Å². The Kier molecular flexibility index (Phi) is 9.94. The number of hydrogen-bond acceptors (Lipinski definition) is 4. The van der Waals surface area contributed by atoms with E-state index in [0.717, 1.165) is 27.4 Å². The van der Waals surface area contributed by atoms with Crippen molar-refractivity contribution in [1.29, 1.82) is 0 Å². The second-order valence-corrected chi connectivity index (χ2v) is 11.5. The monoisotopic (exact) mass is 555 g/mol. The van der Waals surface area contributed by atoms with Crippen molar-refractivity contribution in [2.45, 2.75) is 51.6 Å². The number of nitrogens with zero attached hydrogens (tertiary/aromatic N) is 2. The topological polar surface area (TPSA) is 86.8 Å². The fourth-order valence-corrected chi connectivity index (χ4v) is 5.45. The fourth-order valence-electron chi connectivity index (χ4n) is 3.89. The molecule has 1 atom stereocenters. The Bertz CT molecular complexity index is 1360. The van der Waals surface area contributed by atoms with Crippen LogP contribution in [0.3, 0.4) is 0 Å². The number of nitrogens with one attached hydrogen (secondary N) is 1. The van der Waals surface area contributed by atoms with Crippen LogP contribution in [0.15, 0.2) is 77.7 Å². The van der Waals surface area contributed by atoms with Crippen LogP contribution in [0, 0.1) is 13.8 Å². The molecule has 0 fully saturated rings. The molecule has 9 heteroatoms. The van der Waals surface area contributed by atoms with Crippen molar-refractivity contribution in [2.24, 2.45) is 0 Å². The number of carbonyl (C=O) groups excluding carboxylic acids is 2. The number of halogens is 1. The van der Waals surface area contributed by atoms with Crippen molar-refractivity contribution < 1.29 is 18.0 Å². The van der Waals surface area contributed by atoms with Crippen molar-refractivity contribution in [2.75, 3.05) is 17.4 Å². The Balaban J connectivity index is 2.02. The predicted molar refractivity (Wildman–Crippen MR) is 152 cm³/mol. The van der Waals surface area contributed by atoms with Gasteiger partial charge in [0, 0.05) is 18.1 Å². The zero-order chi connectivity index (χ0) is 27.9. The van der Waals surface area contributed by atoms with Crippen LogP contribution in [0.25, 0.3) is 0 Å². The van der Waals surface area contributed by atoms with Gasteiger partial charge in [0.25, 0.3) is 10.0 Å². The lowest BCUT2D eigenvalue weighted by Gasteiger charge is -2.32. The minimum absolute atomic E-state index is 0.0732. The maximum Gasteiger partial charge on any atom is 0.264 e. The lowest BCUT2D eigenvalue weighted by atomic mass is 10.1. The molecule has 202 valence electrons. The van der Waals surface area contributed by atoms with Crippen molar-refractivity contribution in [1.82, 2.24) is 10.2 Å². The van der Waals surface area contributed by atoms with Crippen molar-refractivity contribution >= 4 is 39.1 Å². The second kappa shape index (κ2) is 12.9. The van der Waals surface area contributed by atoms with Crippen LogP contribution in [0.4, 0.5) is 5.69 Å². The number of sulfonamides is 1. The van der Waals surface area contributed by atoms with Gasteiger partial charge in [0.05, 0.1) is 10.6 Å². The fraction of sp³-hybridized carbons (Fsp3) is 0.310. The maximum absolute atomic E-state index is 13.9. The Morgan fingerprint density at radius 2 is 1.61 bits per heavy atom. The number of anilines is 1. The van der Waals surface area contributed by atoms with Crippen LogP contribution >= 0.6 is 11.6 Å². The molecule has 0 radical (unpaired) electrons. The van der Waals surface area contributed by atoms with Gasteiger partial charge in [0.1, 0.15) is 12.6 Å². The molecule has 0 bridgehead atoms. The summed E-state index contributed by atoms with van der Waals surface area (Å²) in [6.07, 6.45) is 0.749. The summed E-state index contributed by atoms with van der Waals surface area (Å²) in [4.78, 5) is 28.2. The quantitative estimate of drug-likeness (QED) is 0.357. The minimum Gasteiger partial charge on any atom is -0.354 e. The Hall–Kier alpha value is -3.36. The molecule has 38 heavy (non-hydrogen) atoms. The van der Waals surface area contributed by atoms with E-state index in [1.165, 1.54) is 17.0 Å². The number of hydrogen-bond donors (Lipinski definition) is 1. The molecule has 3 rings (SSSR count). The summed E-state index contributed by atoms with van der Waals surface area (Å²) >= 11 is 6.03. The SMILES string of the molecule is CCCNC(=O)[C@H](C)N(Cc1ccc(Cl)cc1)C(=O)CN(c1ccc(C)c(C)c1)S(=O)(=O)c1ccccc1. The summed E-state index contributed by atoms with van der Waals surface area (Å²) in [7, 11) is -4.08. The summed E-state index contributed by atoms with van der Waals surface area (Å²) in [5.74, 6) is -0.811. The average Bonchev–Trinajstić information content (AvgIpc) is 2.91. The summed E-state index contributed by atoms with van der Waals surface area (Å²) in [6.45, 7) is 7.53. The minimum atomic E-state index is -4.08.